The molecule has 0 radical (unpaired) electrons. The third-order valence-corrected chi connectivity index (χ3v) is 4.70. The van der Waals surface area contributed by atoms with Crippen LogP contribution in [0.5, 0.6) is 0 Å². The molecule has 1 N–H and O–H groups in total. The Kier molecular flexibility index (Phi) is 7.99. The van der Waals surface area contributed by atoms with E-state index in [0.717, 1.165) is 40.5 Å². The Balaban J connectivity index is 1.89. The van der Waals surface area contributed by atoms with Crippen molar-refractivity contribution in [3.05, 3.63) is 53.0 Å². The van der Waals surface area contributed by atoms with Gasteiger partial charge in [0.1, 0.15) is 6.10 Å². The number of ether oxygens (including phenoxy) is 1. The Morgan fingerprint density at radius 2 is 1.60 bits per heavy atom. The van der Waals surface area contributed by atoms with Crippen LogP contribution in [0.4, 0.5) is 10.5 Å². The minimum atomic E-state index is -0.375. The van der Waals surface area contributed by atoms with Crippen molar-refractivity contribution in [2.45, 2.75) is 52.1 Å². The van der Waals surface area contributed by atoms with Gasteiger partial charge in [0.2, 0.25) is 0 Å². The van der Waals surface area contributed by atoms with Crippen molar-refractivity contribution in [1.82, 2.24) is 0 Å². The first-order valence-corrected chi connectivity index (χ1v) is 9.75. The molecule has 0 aromatic heterocycles. The second-order valence-electron chi connectivity index (χ2n) is 6.14. The Labute approximate surface area is 158 Å². The van der Waals surface area contributed by atoms with Gasteiger partial charge < -0.3 is 4.74 Å². The highest BCUT2D eigenvalue weighted by Gasteiger charge is 2.12. The summed E-state index contributed by atoms with van der Waals surface area (Å²) in [7, 11) is 0. The first kappa shape index (κ1) is 19.5. The zero-order chi connectivity index (χ0) is 18.1. The lowest BCUT2D eigenvalue weighted by molar-refractivity contribution is 0.101. The monoisotopic (exact) mass is 403 g/mol. The van der Waals surface area contributed by atoms with Crippen molar-refractivity contribution >= 4 is 27.7 Å². The van der Waals surface area contributed by atoms with Gasteiger partial charge in [0.05, 0.1) is 0 Å². The molecule has 0 bridgehead atoms. The fraction of sp³-hybridized carbons (Fsp3) is 0.381. The molecule has 4 heteroatoms. The Hall–Kier alpha value is -1.81. The molecule has 25 heavy (non-hydrogen) atoms. The largest absolute Gasteiger partial charge is 0.446 e. The summed E-state index contributed by atoms with van der Waals surface area (Å²) in [6, 6.07) is 15.9. The van der Waals surface area contributed by atoms with Gasteiger partial charge >= 0.3 is 6.09 Å². The number of hydrogen-bond acceptors (Lipinski definition) is 2. The average Bonchev–Trinajstić information content (AvgIpc) is 2.62. The first-order chi connectivity index (χ1) is 12.1. The Morgan fingerprint density at radius 1 is 1.00 bits per heavy atom. The van der Waals surface area contributed by atoms with Crippen LogP contribution in [0, 0.1) is 0 Å². The van der Waals surface area contributed by atoms with Gasteiger partial charge in [0.15, 0.2) is 0 Å². The van der Waals surface area contributed by atoms with Crippen LogP contribution in [-0.2, 0) is 4.74 Å². The fourth-order valence-electron chi connectivity index (χ4n) is 2.66. The smallest absolute Gasteiger partial charge is 0.411 e. The minimum absolute atomic E-state index is 0.00594. The first-order valence-electron chi connectivity index (χ1n) is 8.96. The van der Waals surface area contributed by atoms with Crippen LogP contribution in [-0.4, -0.2) is 12.2 Å². The number of unbranched alkanes of at least 4 members (excludes halogenated alkanes) is 2. The minimum Gasteiger partial charge on any atom is -0.446 e. The maximum Gasteiger partial charge on any atom is 0.411 e. The quantitative estimate of drug-likeness (QED) is 0.480. The van der Waals surface area contributed by atoms with Gasteiger partial charge in [-0.3, -0.25) is 5.32 Å². The highest BCUT2D eigenvalue weighted by molar-refractivity contribution is 9.10. The van der Waals surface area contributed by atoms with E-state index in [1.165, 1.54) is 12.8 Å². The van der Waals surface area contributed by atoms with Gasteiger partial charge in [0, 0.05) is 10.2 Å². The second-order valence-corrected chi connectivity index (χ2v) is 7.06. The number of amides is 1. The second kappa shape index (κ2) is 10.2. The molecule has 1 unspecified atom stereocenters. The maximum absolute atomic E-state index is 12.1. The normalized spacial score (nSPS) is 11.8. The molecule has 0 aliphatic rings. The maximum atomic E-state index is 12.1. The molecule has 2 aromatic rings. The predicted octanol–water partition coefficient (Wildman–Crippen LogP) is 7.02. The molecule has 1 amide bonds. The summed E-state index contributed by atoms with van der Waals surface area (Å²) < 4.78 is 6.58. The number of carbonyl (C=O) groups excluding carboxylic acids is 1. The van der Waals surface area contributed by atoms with Gasteiger partial charge in [-0.15, -0.1) is 0 Å². The van der Waals surface area contributed by atoms with Gasteiger partial charge in [-0.1, -0.05) is 66.9 Å². The van der Waals surface area contributed by atoms with Crippen molar-refractivity contribution in [2.24, 2.45) is 0 Å². The molecule has 0 aliphatic carbocycles. The molecule has 0 saturated carbocycles. The molecule has 0 fully saturated rings. The molecule has 0 heterocycles. The van der Waals surface area contributed by atoms with E-state index >= 15 is 0 Å². The number of carbonyl (C=O) groups is 1. The van der Waals surface area contributed by atoms with Crippen LogP contribution in [0.2, 0.25) is 0 Å². The standard InChI is InChI=1S/C21H26BrNO2/c1-3-5-6-7-20(4-2)25-21(24)23-19-14-10-17(11-15-19)16-8-12-18(22)13-9-16/h8-15,20H,3-7H2,1-2H3,(H,23,24). The summed E-state index contributed by atoms with van der Waals surface area (Å²) in [5.74, 6) is 0. The van der Waals surface area contributed by atoms with Crippen LogP contribution in [0.3, 0.4) is 0 Å². The number of hydrogen-bond donors (Lipinski definition) is 1. The number of nitrogens with one attached hydrogen (secondary N) is 1. The molecule has 3 nitrogen and oxygen atoms in total. The lowest BCUT2D eigenvalue weighted by atomic mass is 10.1. The molecular weight excluding hydrogens is 378 g/mol. The third-order valence-electron chi connectivity index (χ3n) is 4.17. The summed E-state index contributed by atoms with van der Waals surface area (Å²) in [6.45, 7) is 4.23. The topological polar surface area (TPSA) is 38.3 Å². The van der Waals surface area contributed by atoms with E-state index in [0.29, 0.717) is 0 Å². The zero-order valence-corrected chi connectivity index (χ0v) is 16.5. The van der Waals surface area contributed by atoms with Crippen LogP contribution in [0.1, 0.15) is 46.0 Å². The van der Waals surface area contributed by atoms with E-state index in [1.54, 1.807) is 0 Å². The summed E-state index contributed by atoms with van der Waals surface area (Å²) in [5.41, 5.74) is 2.99. The SMILES string of the molecule is CCCCCC(CC)OC(=O)Nc1ccc(-c2ccc(Br)cc2)cc1. The molecule has 1 atom stereocenters. The molecule has 0 saturated heterocycles. The van der Waals surface area contributed by atoms with Crippen LogP contribution in [0.25, 0.3) is 11.1 Å². The number of anilines is 1. The summed E-state index contributed by atoms with van der Waals surface area (Å²) >= 11 is 3.44. The van der Waals surface area contributed by atoms with Gasteiger partial charge in [-0.25, -0.2) is 4.79 Å². The van der Waals surface area contributed by atoms with Crippen molar-refractivity contribution in [3.8, 4) is 11.1 Å². The highest BCUT2D eigenvalue weighted by atomic mass is 79.9. The fourth-order valence-corrected chi connectivity index (χ4v) is 2.92. The number of rotatable bonds is 8. The van der Waals surface area contributed by atoms with Crippen LogP contribution < -0.4 is 5.32 Å². The lowest BCUT2D eigenvalue weighted by Gasteiger charge is -2.16. The number of benzene rings is 2. The van der Waals surface area contributed by atoms with E-state index < -0.39 is 0 Å². The molecular formula is C21H26BrNO2. The van der Waals surface area contributed by atoms with Crippen LogP contribution >= 0.6 is 15.9 Å². The van der Waals surface area contributed by atoms with Crippen molar-refractivity contribution in [1.29, 1.82) is 0 Å². The molecule has 2 rings (SSSR count). The Bertz CT molecular complexity index is 653. The zero-order valence-electron chi connectivity index (χ0n) is 14.9. The Morgan fingerprint density at radius 3 is 2.16 bits per heavy atom. The van der Waals surface area contributed by atoms with Crippen LogP contribution in [0.15, 0.2) is 53.0 Å². The van der Waals surface area contributed by atoms with Crippen molar-refractivity contribution < 1.29 is 9.53 Å². The molecule has 0 aliphatic heterocycles. The van der Waals surface area contributed by atoms with Crippen molar-refractivity contribution in [2.75, 3.05) is 5.32 Å². The average molecular weight is 404 g/mol. The molecule has 134 valence electrons. The number of halogens is 1. The van der Waals surface area contributed by atoms with Gasteiger partial charge in [-0.05, 0) is 54.7 Å². The molecule has 0 spiro atoms. The van der Waals surface area contributed by atoms with E-state index in [9.17, 15) is 4.79 Å². The van der Waals surface area contributed by atoms with Gasteiger partial charge in [-0.2, -0.15) is 0 Å². The third kappa shape index (κ3) is 6.54. The lowest BCUT2D eigenvalue weighted by Crippen LogP contribution is -2.22. The predicted molar refractivity (Wildman–Crippen MR) is 108 cm³/mol. The van der Waals surface area contributed by atoms with E-state index in [2.05, 4.69) is 47.2 Å². The summed E-state index contributed by atoms with van der Waals surface area (Å²) in [6.07, 6.45) is 4.85. The summed E-state index contributed by atoms with van der Waals surface area (Å²) in [5, 5.41) is 2.82. The van der Waals surface area contributed by atoms with E-state index in [1.807, 2.05) is 36.4 Å². The van der Waals surface area contributed by atoms with E-state index in [4.69, 9.17) is 4.74 Å². The van der Waals surface area contributed by atoms with E-state index in [-0.39, 0.29) is 12.2 Å². The van der Waals surface area contributed by atoms with Gasteiger partial charge in [0.25, 0.3) is 0 Å². The van der Waals surface area contributed by atoms with Crippen molar-refractivity contribution in [3.63, 3.8) is 0 Å². The summed E-state index contributed by atoms with van der Waals surface area (Å²) in [4.78, 5) is 12.1. The molecule has 2 aromatic carbocycles. The highest BCUT2D eigenvalue weighted by Crippen LogP contribution is 2.23.